The van der Waals surface area contributed by atoms with Gasteiger partial charge in [-0.15, -0.1) is 11.3 Å². The van der Waals surface area contributed by atoms with Crippen LogP contribution in [0.1, 0.15) is 26.4 Å². The van der Waals surface area contributed by atoms with Gasteiger partial charge < -0.3 is 19.1 Å². The average molecular weight is 415 g/mol. The highest BCUT2D eigenvalue weighted by molar-refractivity contribution is 7.21. The van der Waals surface area contributed by atoms with Gasteiger partial charge in [0.2, 0.25) is 0 Å². The number of ether oxygens (including phenoxy) is 3. The molecular weight excluding hydrogens is 393 g/mol. The van der Waals surface area contributed by atoms with Crippen molar-refractivity contribution in [2.75, 3.05) is 27.9 Å². The first kappa shape index (κ1) is 19.7. The fraction of sp³-hybridized carbons (Fsp3) is 0.318. The fourth-order valence-electron chi connectivity index (χ4n) is 3.82. The summed E-state index contributed by atoms with van der Waals surface area (Å²) in [4.78, 5) is 15.7. The molecule has 2 aromatic carbocycles. The Morgan fingerprint density at radius 1 is 1.14 bits per heavy atom. The molecule has 4 rings (SSSR count). The molecule has 5 nitrogen and oxygen atoms in total. The molecule has 0 atom stereocenters. The zero-order chi connectivity index (χ0) is 20.5. The molecular formula is C22H22FNO4S. The van der Waals surface area contributed by atoms with Gasteiger partial charge in [0.1, 0.15) is 5.82 Å². The Balaban J connectivity index is 1.70. The van der Waals surface area contributed by atoms with Gasteiger partial charge in [0.05, 0.1) is 25.7 Å². The Kier molecular flexibility index (Phi) is 5.43. The van der Waals surface area contributed by atoms with Crippen molar-refractivity contribution < 1.29 is 23.4 Å². The normalized spacial score (nSPS) is 13.4. The van der Waals surface area contributed by atoms with Gasteiger partial charge in [0.15, 0.2) is 11.5 Å². The van der Waals surface area contributed by atoms with Crippen LogP contribution >= 0.6 is 11.3 Å². The molecule has 0 spiro atoms. The first-order valence-corrected chi connectivity index (χ1v) is 10.1. The Morgan fingerprint density at radius 2 is 1.86 bits per heavy atom. The molecule has 2 heterocycles. The third kappa shape index (κ3) is 3.45. The van der Waals surface area contributed by atoms with Crippen molar-refractivity contribution >= 4 is 27.3 Å². The first-order valence-electron chi connectivity index (χ1n) is 9.29. The van der Waals surface area contributed by atoms with E-state index >= 15 is 0 Å². The molecule has 3 aromatic rings. The van der Waals surface area contributed by atoms with E-state index in [4.69, 9.17) is 14.2 Å². The lowest BCUT2D eigenvalue weighted by Crippen LogP contribution is -2.36. The van der Waals surface area contributed by atoms with Crippen molar-refractivity contribution in [3.8, 4) is 11.5 Å². The summed E-state index contributed by atoms with van der Waals surface area (Å²) in [5.74, 6) is 0.904. The summed E-state index contributed by atoms with van der Waals surface area (Å²) in [6.07, 6.45) is 0.723. The minimum Gasteiger partial charge on any atom is -0.493 e. The second-order valence-corrected chi connectivity index (χ2v) is 7.96. The molecule has 0 radical (unpaired) electrons. The molecule has 1 aliphatic rings. The summed E-state index contributed by atoms with van der Waals surface area (Å²) in [5, 5.41) is 0.478. The summed E-state index contributed by atoms with van der Waals surface area (Å²) in [5.41, 5.74) is 2.79. The fourth-order valence-corrected chi connectivity index (χ4v) is 5.01. The maximum Gasteiger partial charge on any atom is 0.264 e. The van der Waals surface area contributed by atoms with Gasteiger partial charge >= 0.3 is 0 Å². The van der Waals surface area contributed by atoms with Crippen LogP contribution in [-0.4, -0.2) is 38.7 Å². The lowest BCUT2D eigenvalue weighted by Gasteiger charge is -2.29. The maximum atomic E-state index is 14.4. The Hall–Kier alpha value is -2.64. The number of hydrogen-bond acceptors (Lipinski definition) is 5. The minimum atomic E-state index is -0.328. The van der Waals surface area contributed by atoms with Gasteiger partial charge in [-0.3, -0.25) is 4.79 Å². The minimum absolute atomic E-state index is 0.0990. The molecule has 1 aliphatic heterocycles. The quantitative estimate of drug-likeness (QED) is 0.620. The van der Waals surface area contributed by atoms with Gasteiger partial charge in [-0.1, -0.05) is 6.07 Å². The van der Waals surface area contributed by atoms with Gasteiger partial charge in [-0.25, -0.2) is 4.39 Å². The molecule has 29 heavy (non-hydrogen) atoms. The van der Waals surface area contributed by atoms with Crippen LogP contribution in [-0.2, 0) is 24.3 Å². The molecule has 0 saturated carbocycles. The highest BCUT2D eigenvalue weighted by Crippen LogP contribution is 2.37. The molecule has 1 amide bonds. The number of carbonyl (C=O) groups excluding carboxylic acids is 1. The molecule has 0 saturated heterocycles. The van der Waals surface area contributed by atoms with Gasteiger partial charge in [-0.05, 0) is 41.8 Å². The summed E-state index contributed by atoms with van der Waals surface area (Å²) in [6.45, 7) is 1.25. The van der Waals surface area contributed by atoms with Crippen molar-refractivity contribution in [2.24, 2.45) is 0 Å². The summed E-state index contributed by atoms with van der Waals surface area (Å²) in [6, 6.07) is 8.81. The first-order chi connectivity index (χ1) is 14.1. The number of hydrogen-bond donors (Lipinski definition) is 0. The number of fused-ring (bicyclic) bond motifs is 2. The van der Waals surface area contributed by atoms with Crippen molar-refractivity contribution in [1.29, 1.82) is 0 Å². The second-order valence-electron chi connectivity index (χ2n) is 6.91. The van der Waals surface area contributed by atoms with Gasteiger partial charge in [-0.2, -0.15) is 0 Å². The summed E-state index contributed by atoms with van der Waals surface area (Å²) < 4.78 is 31.3. The molecule has 1 aromatic heterocycles. The highest BCUT2D eigenvalue weighted by Gasteiger charge is 2.28. The van der Waals surface area contributed by atoms with Crippen LogP contribution in [0.2, 0.25) is 0 Å². The Labute approximate surface area is 172 Å². The Morgan fingerprint density at radius 3 is 2.55 bits per heavy atom. The van der Waals surface area contributed by atoms with Crippen LogP contribution in [0.3, 0.4) is 0 Å². The van der Waals surface area contributed by atoms with Crippen LogP contribution < -0.4 is 9.47 Å². The molecule has 0 unspecified atom stereocenters. The molecule has 0 bridgehead atoms. The smallest absolute Gasteiger partial charge is 0.264 e. The Bertz CT molecular complexity index is 1080. The number of benzene rings is 2. The zero-order valence-electron chi connectivity index (χ0n) is 16.6. The number of carbonyl (C=O) groups is 1. The van der Waals surface area contributed by atoms with Crippen LogP contribution in [0.25, 0.3) is 10.1 Å². The topological polar surface area (TPSA) is 48.0 Å². The zero-order valence-corrected chi connectivity index (χ0v) is 17.4. The highest BCUT2D eigenvalue weighted by atomic mass is 32.1. The van der Waals surface area contributed by atoms with E-state index in [0.717, 1.165) is 22.2 Å². The third-order valence-corrected chi connectivity index (χ3v) is 6.44. The van der Waals surface area contributed by atoms with Crippen LogP contribution in [0.4, 0.5) is 4.39 Å². The third-order valence-electron chi connectivity index (χ3n) is 5.25. The molecule has 0 aliphatic carbocycles. The van der Waals surface area contributed by atoms with Gasteiger partial charge in [0, 0.05) is 35.8 Å². The van der Waals surface area contributed by atoms with Crippen molar-refractivity contribution in [3.05, 3.63) is 57.7 Å². The van der Waals surface area contributed by atoms with Crippen molar-refractivity contribution in [1.82, 2.24) is 4.90 Å². The van der Waals surface area contributed by atoms with Crippen molar-refractivity contribution in [3.63, 3.8) is 0 Å². The maximum absolute atomic E-state index is 14.4. The number of methoxy groups -OCH3 is 3. The van der Waals surface area contributed by atoms with Crippen molar-refractivity contribution in [2.45, 2.75) is 19.6 Å². The number of amides is 1. The van der Waals surface area contributed by atoms with Crippen LogP contribution in [0.15, 0.2) is 30.3 Å². The molecule has 7 heteroatoms. The van der Waals surface area contributed by atoms with E-state index in [-0.39, 0.29) is 18.3 Å². The summed E-state index contributed by atoms with van der Waals surface area (Å²) in [7, 11) is 4.76. The monoisotopic (exact) mass is 415 g/mol. The predicted octanol–water partition coefficient (Wildman–Crippen LogP) is 4.40. The van der Waals surface area contributed by atoms with E-state index < -0.39 is 0 Å². The van der Waals surface area contributed by atoms with Crippen LogP contribution in [0.5, 0.6) is 11.5 Å². The van der Waals surface area contributed by atoms with E-state index in [2.05, 4.69) is 0 Å². The molecule has 0 fully saturated rings. The number of nitrogens with zero attached hydrogens (tertiary/aromatic N) is 1. The SMILES string of the molecule is COCc1c(C(=O)N2CCc3cc(OC)c(OC)cc3C2)sc2cccc(F)c12. The van der Waals surface area contributed by atoms with Gasteiger partial charge in [0.25, 0.3) is 5.91 Å². The number of halogens is 1. The van der Waals surface area contributed by atoms with E-state index in [1.807, 2.05) is 18.2 Å². The average Bonchev–Trinajstić information content (AvgIpc) is 3.11. The summed E-state index contributed by atoms with van der Waals surface area (Å²) >= 11 is 1.32. The standard InChI is InChI=1S/C22H22FNO4S/c1-26-12-15-20-16(23)5-4-6-19(20)29-21(15)22(25)24-8-7-13-9-17(27-2)18(28-3)10-14(13)11-24/h4-6,9-10H,7-8,11-12H2,1-3H3. The van der Waals surface area contributed by atoms with E-state index in [1.165, 1.54) is 17.4 Å². The molecule has 0 N–H and O–H groups in total. The lowest BCUT2D eigenvalue weighted by molar-refractivity contribution is 0.0735. The van der Waals surface area contributed by atoms with Crippen LogP contribution in [0, 0.1) is 5.82 Å². The van der Waals surface area contributed by atoms with E-state index in [1.54, 1.807) is 32.3 Å². The predicted molar refractivity (Wildman–Crippen MR) is 110 cm³/mol. The number of rotatable bonds is 5. The molecule has 152 valence electrons. The lowest BCUT2D eigenvalue weighted by atomic mass is 9.98. The number of thiophene rings is 1. The largest absolute Gasteiger partial charge is 0.493 e. The second kappa shape index (κ2) is 8.00. The van der Waals surface area contributed by atoms with E-state index in [0.29, 0.717) is 40.4 Å². The van der Waals surface area contributed by atoms with E-state index in [9.17, 15) is 9.18 Å².